The molecule has 20 heavy (non-hydrogen) atoms. The average molecular weight is 303 g/mol. The van der Waals surface area contributed by atoms with Crippen molar-refractivity contribution in [3.05, 3.63) is 0 Å². The van der Waals surface area contributed by atoms with Crippen LogP contribution in [0.3, 0.4) is 0 Å². The van der Waals surface area contributed by atoms with E-state index in [0.717, 1.165) is 12.2 Å². The number of hydrogen-bond acceptors (Lipinski definition) is 2. The van der Waals surface area contributed by atoms with Crippen LogP contribution in [0.4, 0.5) is 0 Å². The van der Waals surface area contributed by atoms with Gasteiger partial charge in [-0.05, 0) is 24.3 Å². The molecule has 3 heteroatoms. The van der Waals surface area contributed by atoms with E-state index in [4.69, 9.17) is 5.11 Å². The van der Waals surface area contributed by atoms with Gasteiger partial charge in [-0.2, -0.15) is 11.8 Å². The van der Waals surface area contributed by atoms with Gasteiger partial charge < -0.3 is 5.11 Å². The SMILES string of the molecule is CCCCCCCCCCCCCSCCCC(=O)O. The number of carbonyl (C=O) groups is 1. The highest BCUT2D eigenvalue weighted by molar-refractivity contribution is 7.99. The Kier molecular flexibility index (Phi) is 16.7. The van der Waals surface area contributed by atoms with Crippen molar-refractivity contribution in [1.82, 2.24) is 0 Å². The summed E-state index contributed by atoms with van der Waals surface area (Å²) in [4.78, 5) is 10.3. The van der Waals surface area contributed by atoms with E-state index in [-0.39, 0.29) is 0 Å². The van der Waals surface area contributed by atoms with E-state index in [1.807, 2.05) is 11.8 Å². The minimum Gasteiger partial charge on any atom is -0.481 e. The van der Waals surface area contributed by atoms with Crippen LogP contribution in [0.25, 0.3) is 0 Å². The van der Waals surface area contributed by atoms with Crippen LogP contribution in [0, 0.1) is 0 Å². The molecule has 0 aliphatic rings. The molecule has 0 fully saturated rings. The molecule has 120 valence electrons. The quantitative estimate of drug-likeness (QED) is 0.361. The maximum Gasteiger partial charge on any atom is 0.303 e. The van der Waals surface area contributed by atoms with Crippen LogP contribution < -0.4 is 0 Å². The summed E-state index contributed by atoms with van der Waals surface area (Å²) in [5, 5.41) is 8.51. The first-order chi connectivity index (χ1) is 9.77. The van der Waals surface area contributed by atoms with Crippen LogP contribution in [0.5, 0.6) is 0 Å². The fraction of sp³-hybridized carbons (Fsp3) is 0.941. The summed E-state index contributed by atoms with van der Waals surface area (Å²) in [5.41, 5.74) is 0. The molecule has 0 saturated carbocycles. The van der Waals surface area contributed by atoms with Crippen LogP contribution in [0.15, 0.2) is 0 Å². The second-order valence-corrected chi connectivity index (χ2v) is 6.87. The van der Waals surface area contributed by atoms with Gasteiger partial charge in [0.2, 0.25) is 0 Å². The molecule has 0 heterocycles. The lowest BCUT2D eigenvalue weighted by Crippen LogP contribution is -1.95. The average Bonchev–Trinajstić information content (AvgIpc) is 2.43. The number of hydrogen-bond donors (Lipinski definition) is 1. The first-order valence-electron chi connectivity index (χ1n) is 8.57. The number of carboxylic acids is 1. The first kappa shape index (κ1) is 19.8. The smallest absolute Gasteiger partial charge is 0.303 e. The van der Waals surface area contributed by atoms with Gasteiger partial charge >= 0.3 is 5.97 Å². The van der Waals surface area contributed by atoms with E-state index < -0.39 is 5.97 Å². The van der Waals surface area contributed by atoms with Crippen LogP contribution >= 0.6 is 11.8 Å². The Bertz CT molecular complexity index is 207. The molecule has 0 aliphatic heterocycles. The van der Waals surface area contributed by atoms with Gasteiger partial charge in [0.1, 0.15) is 0 Å². The van der Waals surface area contributed by atoms with E-state index in [2.05, 4.69) is 6.92 Å². The van der Waals surface area contributed by atoms with Crippen molar-refractivity contribution >= 4 is 17.7 Å². The number of thioether (sulfide) groups is 1. The van der Waals surface area contributed by atoms with E-state index >= 15 is 0 Å². The molecule has 0 rings (SSSR count). The van der Waals surface area contributed by atoms with Crippen LogP contribution in [0.2, 0.25) is 0 Å². The Morgan fingerprint density at radius 3 is 1.70 bits per heavy atom. The molecule has 0 aliphatic carbocycles. The van der Waals surface area contributed by atoms with Crippen LogP contribution in [-0.2, 0) is 4.79 Å². The normalized spacial score (nSPS) is 10.8. The van der Waals surface area contributed by atoms with E-state index in [1.54, 1.807) is 0 Å². The largest absolute Gasteiger partial charge is 0.481 e. The standard InChI is InChI=1S/C17H34O2S/c1-2-3-4-5-6-7-8-9-10-11-12-15-20-16-13-14-17(18)19/h2-16H2,1H3,(H,18,19). The van der Waals surface area contributed by atoms with Crippen LogP contribution in [0.1, 0.15) is 90.4 Å². The number of unbranched alkanes of at least 4 members (excludes halogenated alkanes) is 10. The molecule has 0 unspecified atom stereocenters. The summed E-state index contributed by atoms with van der Waals surface area (Å²) in [6, 6.07) is 0. The van der Waals surface area contributed by atoms with Crippen molar-refractivity contribution in [3.8, 4) is 0 Å². The second kappa shape index (κ2) is 16.9. The van der Waals surface area contributed by atoms with Gasteiger partial charge in [-0.3, -0.25) is 4.79 Å². The summed E-state index contributed by atoms with van der Waals surface area (Å²) >= 11 is 1.91. The first-order valence-corrected chi connectivity index (χ1v) is 9.72. The number of rotatable bonds is 16. The Balaban J connectivity index is 2.94. The summed E-state index contributed by atoms with van der Waals surface area (Å²) in [6.07, 6.45) is 16.4. The van der Waals surface area contributed by atoms with Crippen molar-refractivity contribution < 1.29 is 9.90 Å². The summed E-state index contributed by atoms with van der Waals surface area (Å²) in [5.74, 6) is 1.54. The molecule has 0 saturated heterocycles. The minimum atomic E-state index is -0.666. The molecule has 0 aromatic rings. The topological polar surface area (TPSA) is 37.3 Å². The third kappa shape index (κ3) is 17.8. The van der Waals surface area contributed by atoms with Gasteiger partial charge in [0.05, 0.1) is 0 Å². The molecule has 1 N–H and O–H groups in total. The summed E-state index contributed by atoms with van der Waals surface area (Å²) in [7, 11) is 0. The lowest BCUT2D eigenvalue weighted by Gasteiger charge is -2.03. The Labute approximate surface area is 130 Å². The van der Waals surface area contributed by atoms with Gasteiger partial charge in [0.25, 0.3) is 0 Å². The maximum atomic E-state index is 10.3. The molecule has 0 atom stereocenters. The van der Waals surface area contributed by atoms with E-state index in [0.29, 0.717) is 6.42 Å². The fourth-order valence-electron chi connectivity index (χ4n) is 2.30. The van der Waals surface area contributed by atoms with Crippen molar-refractivity contribution in [3.63, 3.8) is 0 Å². The van der Waals surface area contributed by atoms with Crippen molar-refractivity contribution in [1.29, 1.82) is 0 Å². The molecule has 0 bridgehead atoms. The molecule has 0 amide bonds. The number of aliphatic carboxylic acids is 1. The Morgan fingerprint density at radius 1 is 0.750 bits per heavy atom. The highest BCUT2D eigenvalue weighted by atomic mass is 32.2. The zero-order valence-electron chi connectivity index (χ0n) is 13.4. The molecule has 0 spiro atoms. The molecular formula is C17H34O2S. The van der Waals surface area contributed by atoms with Gasteiger partial charge in [0, 0.05) is 6.42 Å². The highest BCUT2D eigenvalue weighted by Crippen LogP contribution is 2.13. The number of carboxylic acid groups (broad SMARTS) is 1. The predicted octanol–water partition coefficient (Wildman–Crippen LogP) is 5.90. The van der Waals surface area contributed by atoms with Gasteiger partial charge in [-0.1, -0.05) is 71.1 Å². The van der Waals surface area contributed by atoms with E-state index in [9.17, 15) is 4.79 Å². The lowest BCUT2D eigenvalue weighted by molar-refractivity contribution is -0.137. The molecular weight excluding hydrogens is 268 g/mol. The predicted molar refractivity (Wildman–Crippen MR) is 90.7 cm³/mol. The highest BCUT2D eigenvalue weighted by Gasteiger charge is 1.97. The Morgan fingerprint density at radius 2 is 1.20 bits per heavy atom. The van der Waals surface area contributed by atoms with Crippen LogP contribution in [-0.4, -0.2) is 22.6 Å². The Hall–Kier alpha value is -0.180. The molecule has 0 aromatic carbocycles. The fourth-order valence-corrected chi connectivity index (χ4v) is 3.26. The van der Waals surface area contributed by atoms with Crippen molar-refractivity contribution in [2.75, 3.05) is 11.5 Å². The maximum absolute atomic E-state index is 10.3. The molecule has 2 nitrogen and oxygen atoms in total. The second-order valence-electron chi connectivity index (χ2n) is 5.65. The van der Waals surface area contributed by atoms with Gasteiger partial charge in [0.15, 0.2) is 0 Å². The van der Waals surface area contributed by atoms with Crippen molar-refractivity contribution in [2.45, 2.75) is 90.4 Å². The van der Waals surface area contributed by atoms with E-state index in [1.165, 1.54) is 76.4 Å². The monoisotopic (exact) mass is 302 g/mol. The van der Waals surface area contributed by atoms with Crippen molar-refractivity contribution in [2.24, 2.45) is 0 Å². The molecule has 0 aromatic heterocycles. The summed E-state index contributed by atoms with van der Waals surface area (Å²) in [6.45, 7) is 2.27. The zero-order chi connectivity index (χ0) is 14.9. The third-order valence-corrected chi connectivity index (χ3v) is 4.73. The van der Waals surface area contributed by atoms with Gasteiger partial charge in [-0.15, -0.1) is 0 Å². The minimum absolute atomic E-state index is 0.325. The summed E-state index contributed by atoms with van der Waals surface area (Å²) < 4.78 is 0. The molecule has 0 radical (unpaired) electrons. The third-order valence-electron chi connectivity index (χ3n) is 3.57. The van der Waals surface area contributed by atoms with Gasteiger partial charge in [-0.25, -0.2) is 0 Å². The zero-order valence-corrected chi connectivity index (χ0v) is 14.2. The lowest BCUT2D eigenvalue weighted by atomic mass is 10.1.